The van der Waals surface area contributed by atoms with Gasteiger partial charge in [0.2, 0.25) is 11.7 Å². The maximum absolute atomic E-state index is 5.57. The fourth-order valence-corrected chi connectivity index (χ4v) is 1.26. The van der Waals surface area contributed by atoms with E-state index in [2.05, 4.69) is 15.3 Å². The lowest BCUT2D eigenvalue weighted by Crippen LogP contribution is -2.09. The van der Waals surface area contributed by atoms with Crippen molar-refractivity contribution in [3.8, 4) is 11.5 Å². The highest BCUT2D eigenvalue weighted by Gasteiger charge is 2.21. The van der Waals surface area contributed by atoms with Crippen LogP contribution < -0.4 is 0 Å². The Morgan fingerprint density at radius 1 is 1.25 bits per heavy atom. The van der Waals surface area contributed by atoms with Crippen molar-refractivity contribution in [1.82, 2.24) is 15.3 Å². The molecule has 0 unspecified atom stereocenters. The monoisotopic (exact) mass is 241 g/mol. The van der Waals surface area contributed by atoms with Crippen molar-refractivity contribution in [2.75, 3.05) is 0 Å². The van der Waals surface area contributed by atoms with Gasteiger partial charge in [-0.2, -0.15) is 4.98 Å². The highest BCUT2D eigenvalue weighted by Crippen LogP contribution is 2.25. The molecular formula is C10H12ClN3O2. The summed E-state index contributed by atoms with van der Waals surface area (Å²) in [6, 6.07) is 1.81. The first-order valence-electron chi connectivity index (χ1n) is 4.87. The van der Waals surface area contributed by atoms with Crippen molar-refractivity contribution in [2.45, 2.75) is 32.1 Å². The fourth-order valence-electron chi connectivity index (χ4n) is 1.15. The summed E-state index contributed by atoms with van der Waals surface area (Å²) >= 11 is 5.57. The molecule has 0 fully saturated rings. The first-order valence-corrected chi connectivity index (χ1v) is 5.40. The second-order valence-electron chi connectivity index (χ2n) is 4.47. The van der Waals surface area contributed by atoms with Gasteiger partial charge in [0.15, 0.2) is 5.69 Å². The number of halogens is 1. The molecule has 0 aliphatic heterocycles. The molecule has 0 amide bonds. The van der Waals surface area contributed by atoms with Crippen molar-refractivity contribution in [2.24, 2.45) is 0 Å². The molecule has 0 aliphatic rings. The molecule has 2 rings (SSSR count). The van der Waals surface area contributed by atoms with Crippen molar-refractivity contribution >= 4 is 11.6 Å². The maximum Gasteiger partial charge on any atom is 0.241 e. The summed E-state index contributed by atoms with van der Waals surface area (Å²) in [4.78, 5) is 4.06. The Balaban J connectivity index is 2.31. The zero-order valence-electron chi connectivity index (χ0n) is 9.32. The molecule has 0 bridgehead atoms. The van der Waals surface area contributed by atoms with E-state index < -0.39 is 0 Å². The van der Waals surface area contributed by atoms with Gasteiger partial charge in [0.1, 0.15) is 11.6 Å². The summed E-state index contributed by atoms with van der Waals surface area (Å²) in [5.74, 6) is 1.74. The maximum atomic E-state index is 5.57. The largest absolute Gasteiger partial charge is 0.360 e. The van der Waals surface area contributed by atoms with E-state index >= 15 is 0 Å². The van der Waals surface area contributed by atoms with Crippen LogP contribution in [0, 0.1) is 0 Å². The lowest BCUT2D eigenvalue weighted by molar-refractivity contribution is 0.330. The molecule has 0 spiro atoms. The minimum atomic E-state index is -0.0930. The Hall–Kier alpha value is -1.36. The van der Waals surface area contributed by atoms with E-state index in [1.807, 2.05) is 26.8 Å². The Morgan fingerprint density at radius 2 is 2.00 bits per heavy atom. The normalized spacial score (nSPS) is 12.0. The molecule has 0 atom stereocenters. The number of rotatable bonds is 2. The quantitative estimate of drug-likeness (QED) is 0.757. The van der Waals surface area contributed by atoms with Crippen LogP contribution in [-0.4, -0.2) is 15.3 Å². The summed E-state index contributed by atoms with van der Waals surface area (Å²) in [7, 11) is 0. The van der Waals surface area contributed by atoms with Crippen LogP contribution in [0.25, 0.3) is 11.5 Å². The van der Waals surface area contributed by atoms with Gasteiger partial charge in [0.25, 0.3) is 0 Å². The van der Waals surface area contributed by atoms with Crippen LogP contribution in [0.5, 0.6) is 0 Å². The highest BCUT2D eigenvalue weighted by molar-refractivity contribution is 6.16. The fraction of sp³-hybridized carbons (Fsp3) is 0.500. The summed E-state index contributed by atoms with van der Waals surface area (Å²) in [5, 5.41) is 7.66. The van der Waals surface area contributed by atoms with Gasteiger partial charge in [-0.1, -0.05) is 31.1 Å². The van der Waals surface area contributed by atoms with E-state index in [0.29, 0.717) is 17.4 Å². The number of nitrogens with zero attached hydrogens (tertiary/aromatic N) is 3. The molecule has 6 heteroatoms. The Morgan fingerprint density at radius 3 is 2.50 bits per heavy atom. The lowest BCUT2D eigenvalue weighted by atomic mass is 9.93. The third-order valence-electron chi connectivity index (χ3n) is 2.06. The van der Waals surface area contributed by atoms with Crippen LogP contribution >= 0.6 is 11.6 Å². The van der Waals surface area contributed by atoms with Gasteiger partial charge in [0, 0.05) is 11.5 Å². The van der Waals surface area contributed by atoms with Gasteiger partial charge in [-0.25, -0.2) is 0 Å². The molecule has 0 N–H and O–H groups in total. The first kappa shape index (κ1) is 11.1. The summed E-state index contributed by atoms with van der Waals surface area (Å²) in [6.45, 7) is 6.12. The number of alkyl halides is 1. The molecule has 0 radical (unpaired) electrons. The number of hydrogen-bond donors (Lipinski definition) is 0. The van der Waals surface area contributed by atoms with E-state index in [-0.39, 0.29) is 11.3 Å². The smallest absolute Gasteiger partial charge is 0.241 e. The van der Waals surface area contributed by atoms with Crippen LogP contribution in [0.4, 0.5) is 0 Å². The van der Waals surface area contributed by atoms with Gasteiger partial charge in [-0.3, -0.25) is 0 Å². The molecule has 2 aromatic rings. The summed E-state index contributed by atoms with van der Waals surface area (Å²) in [6.07, 6.45) is 0. The van der Waals surface area contributed by atoms with Crippen LogP contribution in [-0.2, 0) is 11.3 Å². The topological polar surface area (TPSA) is 65.0 Å². The van der Waals surface area contributed by atoms with Crippen molar-refractivity contribution in [3.63, 3.8) is 0 Å². The predicted octanol–water partition coefficient (Wildman–Crippen LogP) is 2.76. The van der Waals surface area contributed by atoms with E-state index in [9.17, 15) is 0 Å². The van der Waals surface area contributed by atoms with Gasteiger partial charge >= 0.3 is 0 Å². The SMILES string of the molecule is CC(C)(C)c1cc(-c2noc(CCl)n2)no1. The van der Waals surface area contributed by atoms with E-state index in [1.54, 1.807) is 0 Å². The molecular weight excluding hydrogens is 230 g/mol. The number of hydrogen-bond acceptors (Lipinski definition) is 5. The van der Waals surface area contributed by atoms with Crippen LogP contribution in [0.15, 0.2) is 15.1 Å². The Kier molecular flexibility index (Phi) is 2.71. The third-order valence-corrected chi connectivity index (χ3v) is 2.29. The zero-order chi connectivity index (χ0) is 11.8. The van der Waals surface area contributed by atoms with Crippen LogP contribution in [0.2, 0.25) is 0 Å². The highest BCUT2D eigenvalue weighted by atomic mass is 35.5. The molecule has 0 aromatic carbocycles. The molecule has 2 heterocycles. The molecule has 5 nitrogen and oxygen atoms in total. The van der Waals surface area contributed by atoms with Crippen molar-refractivity contribution < 1.29 is 9.05 Å². The van der Waals surface area contributed by atoms with Gasteiger partial charge in [-0.05, 0) is 0 Å². The molecule has 86 valence electrons. The molecule has 0 saturated heterocycles. The lowest BCUT2D eigenvalue weighted by Gasteiger charge is -2.11. The third kappa shape index (κ3) is 2.09. The molecule has 0 saturated carbocycles. The minimum absolute atomic E-state index is 0.0930. The molecule has 2 aromatic heterocycles. The van der Waals surface area contributed by atoms with Gasteiger partial charge in [0.05, 0.1) is 0 Å². The van der Waals surface area contributed by atoms with Gasteiger partial charge < -0.3 is 9.05 Å². The molecule has 16 heavy (non-hydrogen) atoms. The average molecular weight is 242 g/mol. The Labute approximate surface area is 97.8 Å². The van der Waals surface area contributed by atoms with Crippen molar-refractivity contribution in [3.05, 3.63) is 17.7 Å². The van der Waals surface area contributed by atoms with E-state index in [0.717, 1.165) is 5.76 Å². The van der Waals surface area contributed by atoms with Crippen molar-refractivity contribution in [1.29, 1.82) is 0 Å². The second kappa shape index (κ2) is 3.90. The van der Waals surface area contributed by atoms with E-state index in [1.165, 1.54) is 0 Å². The second-order valence-corrected chi connectivity index (χ2v) is 4.74. The average Bonchev–Trinajstić information content (AvgIpc) is 2.85. The van der Waals surface area contributed by atoms with Gasteiger partial charge in [-0.15, -0.1) is 11.6 Å². The first-order chi connectivity index (χ1) is 7.50. The van der Waals surface area contributed by atoms with Crippen LogP contribution in [0.1, 0.15) is 32.4 Å². The molecule has 0 aliphatic carbocycles. The standard InChI is InChI=1S/C10H12ClN3O2/c1-10(2,3)7-4-6(13-15-7)9-12-8(5-11)16-14-9/h4H,5H2,1-3H3. The zero-order valence-corrected chi connectivity index (χ0v) is 10.1. The summed E-state index contributed by atoms with van der Waals surface area (Å²) in [5.41, 5.74) is 0.467. The Bertz CT molecular complexity index is 484. The predicted molar refractivity (Wildman–Crippen MR) is 58.1 cm³/mol. The van der Waals surface area contributed by atoms with Crippen LogP contribution in [0.3, 0.4) is 0 Å². The minimum Gasteiger partial charge on any atom is -0.360 e. The number of aromatic nitrogens is 3. The summed E-state index contributed by atoms with van der Waals surface area (Å²) < 4.78 is 10.1. The van der Waals surface area contributed by atoms with E-state index in [4.69, 9.17) is 20.6 Å².